The van der Waals surface area contributed by atoms with E-state index < -0.39 is 21.9 Å². The van der Waals surface area contributed by atoms with E-state index in [2.05, 4.69) is 13.8 Å². The molecule has 1 aliphatic rings. The maximum Gasteiger partial charge on any atom is 0.247 e. The Morgan fingerprint density at radius 3 is 2.67 bits per heavy atom. The van der Waals surface area contributed by atoms with E-state index in [4.69, 9.17) is 9.40 Å². The van der Waals surface area contributed by atoms with Crippen LogP contribution in [0.15, 0.2) is 70.2 Å². The normalized spacial score (nSPS) is 16.7. The lowest BCUT2D eigenvalue weighted by Gasteiger charge is -2.28. The number of anilines is 1. The van der Waals surface area contributed by atoms with E-state index in [9.17, 15) is 17.6 Å². The van der Waals surface area contributed by atoms with Gasteiger partial charge in [0.1, 0.15) is 17.6 Å². The number of fused-ring (bicyclic) bond motifs is 1. The van der Waals surface area contributed by atoms with Crippen molar-refractivity contribution in [3.05, 3.63) is 78.0 Å². The number of para-hydroxylation sites is 1. The number of hydrogen-bond acceptors (Lipinski definition) is 6. The summed E-state index contributed by atoms with van der Waals surface area (Å²) in [5.74, 6) is -0.0642. The number of nitrogens with zero attached hydrogens (tertiary/aromatic N) is 3. The van der Waals surface area contributed by atoms with Crippen LogP contribution in [0.2, 0.25) is 0 Å². The molecule has 3 heterocycles. The molecule has 7 nitrogen and oxygen atoms in total. The van der Waals surface area contributed by atoms with Gasteiger partial charge in [-0.3, -0.25) is 9.69 Å². The lowest BCUT2D eigenvalue weighted by molar-refractivity contribution is -0.121. The number of hydrogen-bond donors (Lipinski definition) is 0. The van der Waals surface area contributed by atoms with E-state index in [1.165, 1.54) is 38.9 Å². The van der Waals surface area contributed by atoms with Gasteiger partial charge in [-0.25, -0.2) is 17.8 Å². The van der Waals surface area contributed by atoms with Gasteiger partial charge in [0.15, 0.2) is 5.13 Å². The lowest BCUT2D eigenvalue weighted by Crippen LogP contribution is -2.47. The highest BCUT2D eigenvalue weighted by molar-refractivity contribution is 7.89. The van der Waals surface area contributed by atoms with Crippen LogP contribution in [-0.4, -0.2) is 36.2 Å². The fourth-order valence-corrected chi connectivity index (χ4v) is 7.19. The number of carbonyl (C=O) groups is 1. The predicted molar refractivity (Wildman–Crippen MR) is 137 cm³/mol. The van der Waals surface area contributed by atoms with Crippen molar-refractivity contribution in [3.8, 4) is 0 Å². The summed E-state index contributed by atoms with van der Waals surface area (Å²) in [5.41, 5.74) is 1.92. The molecule has 1 unspecified atom stereocenters. The fraction of sp³-hybridized carbons (Fsp3) is 0.308. The maximum atomic E-state index is 14.0. The lowest BCUT2D eigenvalue weighted by atomic mass is 10.0. The van der Waals surface area contributed by atoms with Gasteiger partial charge in [0.25, 0.3) is 0 Å². The Hall–Kier alpha value is -3.08. The third-order valence-electron chi connectivity index (χ3n) is 6.36. The number of sulfonamides is 1. The third kappa shape index (κ3) is 4.56. The fourth-order valence-electron chi connectivity index (χ4n) is 4.53. The van der Waals surface area contributed by atoms with Gasteiger partial charge in [-0.05, 0) is 66.8 Å². The van der Waals surface area contributed by atoms with Crippen LogP contribution in [0.4, 0.5) is 9.52 Å². The molecule has 0 bridgehead atoms. The summed E-state index contributed by atoms with van der Waals surface area (Å²) >= 11 is 1.40. The average molecular weight is 528 g/mol. The van der Waals surface area contributed by atoms with Crippen molar-refractivity contribution < 1.29 is 22.0 Å². The molecule has 4 aromatic rings. The number of thiazole rings is 1. The van der Waals surface area contributed by atoms with Crippen molar-refractivity contribution in [3.63, 3.8) is 0 Å². The Bertz CT molecular complexity index is 1480. The highest BCUT2D eigenvalue weighted by Gasteiger charge is 2.42. The molecule has 2 aromatic carbocycles. The first kappa shape index (κ1) is 24.6. The first-order chi connectivity index (χ1) is 17.3. The molecule has 188 valence electrons. The van der Waals surface area contributed by atoms with Gasteiger partial charge in [0, 0.05) is 6.54 Å². The zero-order valence-corrected chi connectivity index (χ0v) is 21.6. The average Bonchev–Trinajstić information content (AvgIpc) is 3.62. The molecule has 1 fully saturated rings. The monoisotopic (exact) mass is 527 g/mol. The second kappa shape index (κ2) is 9.76. The summed E-state index contributed by atoms with van der Waals surface area (Å²) in [6.45, 7) is 4.53. The van der Waals surface area contributed by atoms with E-state index in [1.54, 1.807) is 12.1 Å². The number of aromatic nitrogens is 1. The molecule has 1 aliphatic heterocycles. The van der Waals surface area contributed by atoms with Crippen molar-refractivity contribution >= 4 is 42.6 Å². The second-order valence-corrected chi connectivity index (χ2v) is 12.0. The van der Waals surface area contributed by atoms with Crippen LogP contribution in [0.3, 0.4) is 0 Å². The minimum atomic E-state index is -3.99. The van der Waals surface area contributed by atoms with Crippen LogP contribution in [0.25, 0.3) is 10.2 Å². The summed E-state index contributed by atoms with van der Waals surface area (Å²) in [6, 6.07) is 13.3. The molecule has 2 aromatic heterocycles. The predicted octanol–water partition coefficient (Wildman–Crippen LogP) is 5.54. The number of amides is 1. The smallest absolute Gasteiger partial charge is 0.247 e. The van der Waals surface area contributed by atoms with E-state index in [-0.39, 0.29) is 29.8 Å². The molecule has 10 heteroatoms. The van der Waals surface area contributed by atoms with Crippen molar-refractivity contribution in [1.29, 1.82) is 0 Å². The van der Waals surface area contributed by atoms with Gasteiger partial charge in [-0.1, -0.05) is 37.3 Å². The zero-order chi connectivity index (χ0) is 25.4. The van der Waals surface area contributed by atoms with Crippen molar-refractivity contribution in [2.75, 3.05) is 11.4 Å². The van der Waals surface area contributed by atoms with Crippen molar-refractivity contribution in [2.24, 2.45) is 0 Å². The maximum absolute atomic E-state index is 14.0. The molecule has 36 heavy (non-hydrogen) atoms. The molecule has 1 amide bonds. The Labute approximate surface area is 213 Å². The molecule has 1 atom stereocenters. The van der Waals surface area contributed by atoms with Crippen LogP contribution in [0, 0.1) is 5.82 Å². The van der Waals surface area contributed by atoms with E-state index in [0.29, 0.717) is 23.7 Å². The Kier molecular flexibility index (Phi) is 6.67. The van der Waals surface area contributed by atoms with Gasteiger partial charge in [0.2, 0.25) is 15.9 Å². The quantitative estimate of drug-likeness (QED) is 0.315. The summed E-state index contributed by atoms with van der Waals surface area (Å²) in [5, 5.41) is 0.491. The third-order valence-corrected chi connectivity index (χ3v) is 9.33. The zero-order valence-electron chi connectivity index (χ0n) is 19.9. The van der Waals surface area contributed by atoms with Crippen LogP contribution in [-0.2, 0) is 21.4 Å². The second-order valence-electron chi connectivity index (χ2n) is 9.08. The van der Waals surface area contributed by atoms with Crippen LogP contribution in [0.5, 0.6) is 0 Å². The molecule has 5 rings (SSSR count). The molecule has 0 saturated carbocycles. The first-order valence-corrected chi connectivity index (χ1v) is 14.0. The topological polar surface area (TPSA) is 83.7 Å². The highest BCUT2D eigenvalue weighted by Crippen LogP contribution is 2.36. The Morgan fingerprint density at radius 2 is 1.97 bits per heavy atom. The summed E-state index contributed by atoms with van der Waals surface area (Å²) in [7, 11) is -3.99. The molecule has 0 spiro atoms. The van der Waals surface area contributed by atoms with E-state index in [1.807, 2.05) is 18.2 Å². The summed E-state index contributed by atoms with van der Waals surface area (Å²) in [6.07, 6.45) is 2.47. The number of carbonyl (C=O) groups excluding carboxylic acids is 1. The van der Waals surface area contributed by atoms with Gasteiger partial charge < -0.3 is 4.42 Å². The number of halogens is 1. The minimum Gasteiger partial charge on any atom is -0.467 e. The van der Waals surface area contributed by atoms with Gasteiger partial charge in [0.05, 0.1) is 27.9 Å². The Balaban J connectivity index is 1.53. The minimum absolute atomic E-state index is 0.0391. The van der Waals surface area contributed by atoms with Crippen LogP contribution >= 0.6 is 11.3 Å². The summed E-state index contributed by atoms with van der Waals surface area (Å²) < 4.78 is 47.9. The molecule has 1 saturated heterocycles. The number of rotatable bonds is 7. The van der Waals surface area contributed by atoms with Crippen molar-refractivity contribution in [1.82, 2.24) is 9.29 Å². The molecular formula is C26H26FN3O4S2. The standard InChI is InChI=1S/C26H26FN3O4S2/c1-17(2)21-7-3-9-23-24(21)28-26(35-23)29(16-19-6-5-15-34-19)25(31)22-8-4-14-30(22)36(32,33)20-12-10-18(27)11-13-20/h3,5-7,9-13,15,17,22H,4,8,14,16H2,1-2H3. The largest absolute Gasteiger partial charge is 0.467 e. The SMILES string of the molecule is CC(C)c1cccc2sc(N(Cc3ccco3)C(=O)C3CCCN3S(=O)(=O)c3ccc(F)cc3)nc12. The number of benzene rings is 2. The summed E-state index contributed by atoms with van der Waals surface area (Å²) in [4.78, 5) is 20.3. The van der Waals surface area contributed by atoms with Gasteiger partial charge in [-0.2, -0.15) is 4.31 Å². The molecule has 0 radical (unpaired) electrons. The van der Waals surface area contributed by atoms with Crippen molar-refractivity contribution in [2.45, 2.75) is 50.1 Å². The van der Waals surface area contributed by atoms with Crippen LogP contribution < -0.4 is 4.90 Å². The van der Waals surface area contributed by atoms with E-state index in [0.717, 1.165) is 27.9 Å². The van der Waals surface area contributed by atoms with Gasteiger partial charge >= 0.3 is 0 Å². The van der Waals surface area contributed by atoms with Crippen LogP contribution in [0.1, 0.15) is 43.9 Å². The molecule has 0 N–H and O–H groups in total. The Morgan fingerprint density at radius 1 is 1.19 bits per heavy atom. The molecular weight excluding hydrogens is 501 g/mol. The van der Waals surface area contributed by atoms with Gasteiger partial charge in [-0.15, -0.1) is 0 Å². The highest BCUT2D eigenvalue weighted by atomic mass is 32.2. The molecule has 0 aliphatic carbocycles. The van der Waals surface area contributed by atoms with E-state index >= 15 is 0 Å². The number of furan rings is 1. The first-order valence-electron chi connectivity index (χ1n) is 11.8.